The molecule has 0 heterocycles. The summed E-state index contributed by atoms with van der Waals surface area (Å²) in [7, 11) is 0. The highest BCUT2D eigenvalue weighted by Gasteiger charge is 2.37. The van der Waals surface area contributed by atoms with Crippen molar-refractivity contribution < 1.29 is 14.6 Å². The van der Waals surface area contributed by atoms with E-state index in [1.54, 1.807) is 0 Å². The van der Waals surface area contributed by atoms with Gasteiger partial charge >= 0.3 is 5.97 Å². The fourth-order valence-electron chi connectivity index (χ4n) is 2.46. The van der Waals surface area contributed by atoms with Gasteiger partial charge in [-0.25, -0.2) is 4.79 Å². The molecule has 1 unspecified atom stereocenters. The molecule has 1 rings (SSSR count). The van der Waals surface area contributed by atoms with Crippen LogP contribution in [0.15, 0.2) is 0 Å². The van der Waals surface area contributed by atoms with E-state index in [-0.39, 0.29) is 0 Å². The lowest BCUT2D eigenvalue weighted by Crippen LogP contribution is -2.47. The average molecular weight is 243 g/mol. The monoisotopic (exact) mass is 243 g/mol. The van der Waals surface area contributed by atoms with E-state index in [2.05, 4.69) is 6.92 Å². The van der Waals surface area contributed by atoms with Gasteiger partial charge < -0.3 is 15.6 Å². The third-order valence-electron chi connectivity index (χ3n) is 3.78. The molecule has 0 bridgehead atoms. The molecule has 100 valence electrons. The van der Waals surface area contributed by atoms with Crippen molar-refractivity contribution >= 4 is 5.97 Å². The molecule has 1 fully saturated rings. The maximum atomic E-state index is 11.1. The minimum atomic E-state index is -0.863. The first-order chi connectivity index (χ1) is 8.03. The summed E-state index contributed by atoms with van der Waals surface area (Å²) in [6, 6.07) is 0. The maximum Gasteiger partial charge on any atom is 0.332 e. The lowest BCUT2D eigenvalue weighted by atomic mass is 9.79. The number of rotatable bonds is 6. The molecule has 4 nitrogen and oxygen atoms in total. The number of carboxylic acids is 1. The first-order valence-corrected chi connectivity index (χ1v) is 6.63. The van der Waals surface area contributed by atoms with Crippen molar-refractivity contribution in [1.29, 1.82) is 0 Å². The lowest BCUT2D eigenvalue weighted by molar-refractivity contribution is -0.169. The molecule has 0 aromatic rings. The molecule has 3 N–H and O–H groups in total. The molecular formula is C13H25NO3. The van der Waals surface area contributed by atoms with Crippen molar-refractivity contribution in [2.45, 2.75) is 64.1 Å². The van der Waals surface area contributed by atoms with Crippen LogP contribution in [0.2, 0.25) is 0 Å². The van der Waals surface area contributed by atoms with Crippen LogP contribution in [0.4, 0.5) is 0 Å². The molecule has 1 atom stereocenters. The topological polar surface area (TPSA) is 72.5 Å². The van der Waals surface area contributed by atoms with E-state index < -0.39 is 17.7 Å². The van der Waals surface area contributed by atoms with Crippen molar-refractivity contribution in [1.82, 2.24) is 0 Å². The van der Waals surface area contributed by atoms with Gasteiger partial charge in [0.1, 0.15) is 0 Å². The van der Waals surface area contributed by atoms with Crippen molar-refractivity contribution in [2.24, 2.45) is 11.7 Å². The van der Waals surface area contributed by atoms with Gasteiger partial charge in [-0.3, -0.25) is 0 Å². The van der Waals surface area contributed by atoms with Gasteiger partial charge in [0, 0.05) is 6.54 Å². The predicted octanol–water partition coefficient (Wildman–Crippen LogP) is 2.16. The Balaban J connectivity index is 2.63. The van der Waals surface area contributed by atoms with Crippen LogP contribution in [-0.4, -0.2) is 29.3 Å². The van der Waals surface area contributed by atoms with Crippen LogP contribution < -0.4 is 5.73 Å². The Morgan fingerprint density at radius 3 is 2.53 bits per heavy atom. The molecule has 0 aromatic carbocycles. The van der Waals surface area contributed by atoms with Gasteiger partial charge in [0.05, 0.1) is 5.60 Å². The molecule has 4 heteroatoms. The van der Waals surface area contributed by atoms with Crippen molar-refractivity contribution in [2.75, 3.05) is 6.54 Å². The van der Waals surface area contributed by atoms with E-state index in [9.17, 15) is 4.79 Å². The highest BCUT2D eigenvalue weighted by atomic mass is 16.5. The van der Waals surface area contributed by atoms with E-state index >= 15 is 0 Å². The Kier molecular flexibility index (Phi) is 5.40. The normalized spacial score (nSPS) is 31.1. The second kappa shape index (κ2) is 6.36. The van der Waals surface area contributed by atoms with E-state index in [4.69, 9.17) is 15.6 Å². The molecule has 1 aliphatic rings. The summed E-state index contributed by atoms with van der Waals surface area (Å²) in [6.07, 6.45) is 4.61. The van der Waals surface area contributed by atoms with Crippen LogP contribution in [0.25, 0.3) is 0 Å². The molecule has 17 heavy (non-hydrogen) atoms. The molecule has 0 amide bonds. The molecule has 1 aliphatic carbocycles. The minimum absolute atomic E-state index is 0.398. The summed E-state index contributed by atoms with van der Waals surface area (Å²) >= 11 is 0. The molecule has 0 radical (unpaired) electrons. The fraction of sp³-hybridized carbons (Fsp3) is 0.923. The van der Waals surface area contributed by atoms with Gasteiger partial charge in [-0.15, -0.1) is 0 Å². The van der Waals surface area contributed by atoms with Gasteiger partial charge in [0.2, 0.25) is 0 Å². The molecule has 0 spiro atoms. The highest BCUT2D eigenvalue weighted by molar-refractivity contribution is 5.72. The molecule has 0 saturated heterocycles. The Hall–Kier alpha value is -0.610. The second-order valence-electron chi connectivity index (χ2n) is 5.30. The standard InChI is InChI=1S/C13H25NO3/c1-3-4-11(12(15)16)17-13(9-14)7-5-10(2)6-8-13/h10-11H,3-9,14H2,1-2H3,(H,15,16). The van der Waals surface area contributed by atoms with Gasteiger partial charge in [-0.1, -0.05) is 20.3 Å². The van der Waals surface area contributed by atoms with Crippen LogP contribution >= 0.6 is 0 Å². The van der Waals surface area contributed by atoms with Crippen molar-refractivity contribution in [3.05, 3.63) is 0 Å². The third kappa shape index (κ3) is 3.96. The van der Waals surface area contributed by atoms with E-state index in [1.165, 1.54) is 0 Å². The number of hydrogen-bond donors (Lipinski definition) is 2. The summed E-state index contributed by atoms with van der Waals surface area (Å²) in [5.41, 5.74) is 5.41. The molecule has 0 aromatic heterocycles. The number of aliphatic carboxylic acids is 1. The number of nitrogens with two attached hydrogens (primary N) is 1. The third-order valence-corrected chi connectivity index (χ3v) is 3.78. The van der Waals surface area contributed by atoms with E-state index in [1.807, 2.05) is 6.92 Å². The zero-order chi connectivity index (χ0) is 12.9. The summed E-state index contributed by atoms with van der Waals surface area (Å²) in [5, 5.41) is 9.13. The second-order valence-corrected chi connectivity index (χ2v) is 5.30. The first kappa shape index (κ1) is 14.5. The number of carboxylic acid groups (broad SMARTS) is 1. The molecule has 0 aliphatic heterocycles. The largest absolute Gasteiger partial charge is 0.479 e. The molecule has 1 saturated carbocycles. The highest BCUT2D eigenvalue weighted by Crippen LogP contribution is 2.35. The van der Waals surface area contributed by atoms with E-state index in [0.29, 0.717) is 18.9 Å². The SMILES string of the molecule is CCCC(OC1(CN)CCC(C)CC1)C(=O)O. The van der Waals surface area contributed by atoms with Crippen LogP contribution in [-0.2, 0) is 9.53 Å². The first-order valence-electron chi connectivity index (χ1n) is 6.63. The quantitative estimate of drug-likeness (QED) is 0.750. The predicted molar refractivity (Wildman–Crippen MR) is 66.8 cm³/mol. The molecular weight excluding hydrogens is 218 g/mol. The van der Waals surface area contributed by atoms with Crippen LogP contribution in [0, 0.1) is 5.92 Å². The summed E-state index contributed by atoms with van der Waals surface area (Å²) in [4.78, 5) is 11.1. The average Bonchev–Trinajstić information content (AvgIpc) is 2.31. The van der Waals surface area contributed by atoms with Crippen LogP contribution in [0.1, 0.15) is 52.4 Å². The zero-order valence-electron chi connectivity index (χ0n) is 10.9. The Labute approximate surface area is 104 Å². The van der Waals surface area contributed by atoms with Gasteiger partial charge in [-0.05, 0) is 38.0 Å². The van der Waals surface area contributed by atoms with Gasteiger partial charge in [0.15, 0.2) is 6.10 Å². The van der Waals surface area contributed by atoms with E-state index in [0.717, 1.165) is 32.1 Å². The summed E-state index contributed by atoms with van der Waals surface area (Å²) in [6.45, 7) is 4.62. The number of hydrogen-bond acceptors (Lipinski definition) is 3. The fourth-order valence-corrected chi connectivity index (χ4v) is 2.46. The summed E-state index contributed by atoms with van der Waals surface area (Å²) in [5.74, 6) is -0.161. The van der Waals surface area contributed by atoms with Crippen molar-refractivity contribution in [3.8, 4) is 0 Å². The van der Waals surface area contributed by atoms with Crippen molar-refractivity contribution in [3.63, 3.8) is 0 Å². The minimum Gasteiger partial charge on any atom is -0.479 e. The zero-order valence-corrected chi connectivity index (χ0v) is 10.9. The van der Waals surface area contributed by atoms with Crippen LogP contribution in [0.3, 0.4) is 0 Å². The Bertz CT molecular complexity index is 247. The maximum absolute atomic E-state index is 11.1. The van der Waals surface area contributed by atoms with Crippen LogP contribution in [0.5, 0.6) is 0 Å². The Morgan fingerprint density at radius 1 is 1.53 bits per heavy atom. The smallest absolute Gasteiger partial charge is 0.332 e. The number of carbonyl (C=O) groups is 1. The Morgan fingerprint density at radius 2 is 2.12 bits per heavy atom. The lowest BCUT2D eigenvalue weighted by Gasteiger charge is -2.40. The number of ether oxygens (including phenoxy) is 1. The van der Waals surface area contributed by atoms with Gasteiger partial charge in [0.25, 0.3) is 0 Å². The van der Waals surface area contributed by atoms with Gasteiger partial charge in [-0.2, -0.15) is 0 Å². The summed E-state index contributed by atoms with van der Waals surface area (Å²) < 4.78 is 5.85.